The maximum atomic E-state index is 12.5. The van der Waals surface area contributed by atoms with E-state index in [1.54, 1.807) is 14.0 Å². The first-order valence-electron chi connectivity index (χ1n) is 4.13. The third-order valence-electron chi connectivity index (χ3n) is 2.22. The Hall–Kier alpha value is -1.01. The van der Waals surface area contributed by atoms with E-state index in [1.165, 1.54) is 10.9 Å². The minimum atomic E-state index is -2.61. The van der Waals surface area contributed by atoms with Crippen LogP contribution in [0.15, 0.2) is 6.20 Å². The molecule has 1 aromatic heterocycles. The van der Waals surface area contributed by atoms with Crippen LogP contribution in [-0.2, 0) is 22.3 Å². The standard InChI is InChI=1S/C8H10F2N2O2/c1-8(13-4-14-8)5-3-12(2)11-6(5)7(9)10/h3,7H,4H2,1-2H3. The van der Waals surface area contributed by atoms with Gasteiger partial charge in [0.1, 0.15) is 5.69 Å². The van der Waals surface area contributed by atoms with Crippen LogP contribution >= 0.6 is 0 Å². The van der Waals surface area contributed by atoms with Gasteiger partial charge in [0.15, 0.2) is 6.79 Å². The lowest BCUT2D eigenvalue weighted by atomic mass is 10.1. The van der Waals surface area contributed by atoms with Crippen molar-refractivity contribution in [2.45, 2.75) is 19.1 Å². The van der Waals surface area contributed by atoms with E-state index in [1.807, 2.05) is 0 Å². The lowest BCUT2D eigenvalue weighted by Crippen LogP contribution is -2.41. The number of aromatic nitrogens is 2. The van der Waals surface area contributed by atoms with E-state index < -0.39 is 12.2 Å². The summed E-state index contributed by atoms with van der Waals surface area (Å²) in [4.78, 5) is 0. The summed E-state index contributed by atoms with van der Waals surface area (Å²) in [7, 11) is 1.58. The third-order valence-corrected chi connectivity index (χ3v) is 2.22. The van der Waals surface area contributed by atoms with E-state index in [-0.39, 0.29) is 12.5 Å². The lowest BCUT2D eigenvalue weighted by Gasteiger charge is -2.38. The summed E-state index contributed by atoms with van der Waals surface area (Å²) >= 11 is 0. The van der Waals surface area contributed by atoms with Crippen molar-refractivity contribution in [3.05, 3.63) is 17.5 Å². The van der Waals surface area contributed by atoms with E-state index in [2.05, 4.69) is 5.10 Å². The van der Waals surface area contributed by atoms with Gasteiger partial charge in [0.2, 0.25) is 5.79 Å². The summed E-state index contributed by atoms with van der Waals surface area (Å²) in [6.07, 6.45) is -1.13. The molecule has 0 unspecified atom stereocenters. The molecule has 78 valence electrons. The summed E-state index contributed by atoms with van der Waals surface area (Å²) < 4.78 is 36.6. The van der Waals surface area contributed by atoms with Crippen molar-refractivity contribution in [2.75, 3.05) is 6.79 Å². The van der Waals surface area contributed by atoms with Crippen LogP contribution in [0.25, 0.3) is 0 Å². The Labute approximate surface area is 79.4 Å². The Morgan fingerprint density at radius 3 is 2.64 bits per heavy atom. The number of hydrogen-bond donors (Lipinski definition) is 0. The quantitative estimate of drug-likeness (QED) is 0.733. The Bertz CT molecular complexity index is 347. The van der Waals surface area contributed by atoms with Gasteiger partial charge in [0.05, 0.1) is 5.56 Å². The Morgan fingerprint density at radius 2 is 2.21 bits per heavy atom. The minimum absolute atomic E-state index is 0.133. The number of ether oxygens (including phenoxy) is 2. The molecule has 0 amide bonds. The number of aryl methyl sites for hydroxylation is 1. The predicted octanol–water partition coefficient (Wildman–Crippen LogP) is 1.53. The van der Waals surface area contributed by atoms with Gasteiger partial charge in [-0.3, -0.25) is 4.68 Å². The Kier molecular flexibility index (Phi) is 2.04. The maximum Gasteiger partial charge on any atom is 0.282 e. The molecule has 0 spiro atoms. The molecular weight excluding hydrogens is 194 g/mol. The van der Waals surface area contributed by atoms with Crippen molar-refractivity contribution >= 4 is 0 Å². The van der Waals surface area contributed by atoms with E-state index in [4.69, 9.17) is 9.47 Å². The van der Waals surface area contributed by atoms with Crippen LogP contribution in [-0.4, -0.2) is 16.6 Å². The van der Waals surface area contributed by atoms with Crippen molar-refractivity contribution in [2.24, 2.45) is 7.05 Å². The Morgan fingerprint density at radius 1 is 1.57 bits per heavy atom. The van der Waals surface area contributed by atoms with Crippen LogP contribution in [0.1, 0.15) is 24.6 Å². The molecule has 0 bridgehead atoms. The second-order valence-electron chi connectivity index (χ2n) is 3.25. The molecule has 1 saturated heterocycles. The number of halogens is 2. The zero-order chi connectivity index (χ0) is 10.3. The molecule has 4 nitrogen and oxygen atoms in total. The lowest BCUT2D eigenvalue weighted by molar-refractivity contribution is -0.400. The summed E-state index contributed by atoms with van der Waals surface area (Å²) in [5, 5.41) is 3.66. The summed E-state index contributed by atoms with van der Waals surface area (Å²) in [6.45, 7) is 1.73. The number of nitrogens with zero attached hydrogens (tertiary/aromatic N) is 2. The fraction of sp³-hybridized carbons (Fsp3) is 0.625. The normalized spacial score (nSPS) is 19.8. The van der Waals surface area contributed by atoms with Gasteiger partial charge >= 0.3 is 0 Å². The first-order chi connectivity index (χ1) is 6.53. The van der Waals surface area contributed by atoms with Gasteiger partial charge in [-0.05, 0) is 6.92 Å². The molecule has 0 atom stereocenters. The first kappa shape index (κ1) is 9.54. The van der Waals surface area contributed by atoms with Gasteiger partial charge in [0.25, 0.3) is 6.43 Å². The van der Waals surface area contributed by atoms with Crippen LogP contribution in [0.2, 0.25) is 0 Å². The Balaban J connectivity index is 2.40. The van der Waals surface area contributed by atoms with Crippen LogP contribution in [0.5, 0.6) is 0 Å². The highest BCUT2D eigenvalue weighted by Gasteiger charge is 2.41. The van der Waals surface area contributed by atoms with Crippen molar-refractivity contribution in [3.63, 3.8) is 0 Å². The predicted molar refractivity (Wildman–Crippen MR) is 42.6 cm³/mol. The molecule has 1 aromatic rings. The number of hydrogen-bond acceptors (Lipinski definition) is 3. The topological polar surface area (TPSA) is 36.3 Å². The molecule has 0 radical (unpaired) electrons. The molecule has 1 fully saturated rings. The highest BCUT2D eigenvalue weighted by molar-refractivity contribution is 5.24. The van der Waals surface area contributed by atoms with Gasteiger partial charge in [0, 0.05) is 13.2 Å². The summed E-state index contributed by atoms with van der Waals surface area (Å²) in [6, 6.07) is 0. The van der Waals surface area contributed by atoms with E-state index in [9.17, 15) is 8.78 Å². The second-order valence-corrected chi connectivity index (χ2v) is 3.25. The fourth-order valence-corrected chi connectivity index (χ4v) is 1.41. The highest BCUT2D eigenvalue weighted by atomic mass is 19.3. The molecule has 0 aliphatic carbocycles. The molecule has 1 aliphatic rings. The first-order valence-corrected chi connectivity index (χ1v) is 4.13. The van der Waals surface area contributed by atoms with Gasteiger partial charge in [-0.25, -0.2) is 8.78 Å². The second kappa shape index (κ2) is 2.99. The molecule has 6 heteroatoms. The van der Waals surface area contributed by atoms with Crippen LogP contribution in [0.3, 0.4) is 0 Å². The molecule has 0 aromatic carbocycles. The van der Waals surface area contributed by atoms with Gasteiger partial charge in [-0.1, -0.05) is 0 Å². The van der Waals surface area contributed by atoms with Crippen molar-refractivity contribution < 1.29 is 18.3 Å². The summed E-state index contributed by atoms with van der Waals surface area (Å²) in [5.74, 6) is -1.06. The largest absolute Gasteiger partial charge is 0.319 e. The molecule has 0 N–H and O–H groups in total. The van der Waals surface area contributed by atoms with Crippen LogP contribution in [0.4, 0.5) is 8.78 Å². The molecule has 2 heterocycles. The molecule has 1 aliphatic heterocycles. The van der Waals surface area contributed by atoms with Crippen LogP contribution < -0.4 is 0 Å². The fourth-order valence-electron chi connectivity index (χ4n) is 1.41. The zero-order valence-electron chi connectivity index (χ0n) is 7.83. The SMILES string of the molecule is Cn1cc(C2(C)OCO2)c(C(F)F)n1. The monoisotopic (exact) mass is 204 g/mol. The van der Waals surface area contributed by atoms with Crippen molar-refractivity contribution in [3.8, 4) is 0 Å². The zero-order valence-corrected chi connectivity index (χ0v) is 7.83. The molecule has 0 saturated carbocycles. The number of rotatable bonds is 2. The third kappa shape index (κ3) is 1.31. The molecular formula is C8H10F2N2O2. The molecule has 14 heavy (non-hydrogen) atoms. The van der Waals surface area contributed by atoms with Gasteiger partial charge < -0.3 is 9.47 Å². The molecule has 2 rings (SSSR count). The maximum absolute atomic E-state index is 12.5. The van der Waals surface area contributed by atoms with E-state index in [0.717, 1.165) is 0 Å². The van der Waals surface area contributed by atoms with Crippen LogP contribution in [0, 0.1) is 0 Å². The average Bonchev–Trinajstić information content (AvgIpc) is 2.43. The highest BCUT2D eigenvalue weighted by Crippen LogP contribution is 2.38. The van der Waals surface area contributed by atoms with E-state index in [0.29, 0.717) is 5.56 Å². The number of alkyl halides is 2. The van der Waals surface area contributed by atoms with Crippen molar-refractivity contribution in [1.82, 2.24) is 9.78 Å². The smallest absolute Gasteiger partial charge is 0.282 e. The van der Waals surface area contributed by atoms with Gasteiger partial charge in [-0.2, -0.15) is 5.10 Å². The van der Waals surface area contributed by atoms with E-state index >= 15 is 0 Å². The average molecular weight is 204 g/mol. The van der Waals surface area contributed by atoms with Gasteiger partial charge in [-0.15, -0.1) is 0 Å². The summed E-state index contributed by atoms with van der Waals surface area (Å²) in [5.41, 5.74) is 0.0101. The minimum Gasteiger partial charge on any atom is -0.319 e. The van der Waals surface area contributed by atoms with Crippen molar-refractivity contribution in [1.29, 1.82) is 0 Å².